The van der Waals surface area contributed by atoms with Gasteiger partial charge in [-0.1, -0.05) is 57.9 Å². The summed E-state index contributed by atoms with van der Waals surface area (Å²) >= 11 is 0. The van der Waals surface area contributed by atoms with E-state index in [1.54, 1.807) is 39.8 Å². The highest BCUT2D eigenvalue weighted by atomic mass is 16.6. The van der Waals surface area contributed by atoms with Gasteiger partial charge in [-0.3, -0.25) is 19.3 Å². The number of hydrogen-bond donors (Lipinski definition) is 2. The summed E-state index contributed by atoms with van der Waals surface area (Å²) in [5, 5.41) is 5.08. The van der Waals surface area contributed by atoms with Crippen molar-refractivity contribution in [3.05, 3.63) is 35.4 Å². The van der Waals surface area contributed by atoms with E-state index < -0.39 is 48.1 Å². The summed E-state index contributed by atoms with van der Waals surface area (Å²) in [5.74, 6) is -2.27. The number of terminal acetylenes is 1. The number of hydrogen-bond acceptors (Lipinski definition) is 6. The summed E-state index contributed by atoms with van der Waals surface area (Å²) in [7, 11) is 1.20. The Hall–Kier alpha value is -3.54. The van der Waals surface area contributed by atoms with Gasteiger partial charge in [0.2, 0.25) is 5.91 Å². The van der Waals surface area contributed by atoms with E-state index in [9.17, 15) is 19.2 Å². The average molecular weight is 488 g/mol. The summed E-state index contributed by atoms with van der Waals surface area (Å²) in [5.41, 5.74) is 0.720. The van der Waals surface area contributed by atoms with Crippen LogP contribution in [0, 0.1) is 18.4 Å². The number of benzene rings is 1. The fourth-order valence-electron chi connectivity index (χ4n) is 3.21. The normalized spacial score (nSPS) is 13.4. The van der Waals surface area contributed by atoms with Crippen LogP contribution in [-0.2, 0) is 30.3 Å². The van der Waals surface area contributed by atoms with Gasteiger partial charge in [0.1, 0.15) is 24.2 Å². The van der Waals surface area contributed by atoms with Crippen LogP contribution in [0.2, 0.25) is 0 Å². The van der Waals surface area contributed by atoms with Crippen molar-refractivity contribution in [2.45, 2.75) is 72.1 Å². The van der Waals surface area contributed by atoms with Crippen molar-refractivity contribution in [2.75, 3.05) is 13.7 Å². The number of nitrogens with one attached hydrogen (secondary N) is 2. The van der Waals surface area contributed by atoms with E-state index in [0.717, 1.165) is 16.9 Å². The first kappa shape index (κ1) is 29.5. The fraction of sp³-hybridized carbons (Fsp3) is 0.538. The highest BCUT2D eigenvalue weighted by Gasteiger charge is 2.37. The average Bonchev–Trinajstić information content (AvgIpc) is 2.82. The molecule has 2 N–H and O–H groups in total. The molecule has 3 amide bonds. The van der Waals surface area contributed by atoms with Gasteiger partial charge in [-0.2, -0.15) is 0 Å². The van der Waals surface area contributed by atoms with Gasteiger partial charge >= 0.3 is 12.1 Å². The van der Waals surface area contributed by atoms with Crippen LogP contribution in [0.5, 0.6) is 0 Å². The Balaban J connectivity index is 3.39. The first-order valence-corrected chi connectivity index (χ1v) is 11.6. The molecule has 0 saturated carbocycles. The first-order valence-electron chi connectivity index (χ1n) is 11.6. The van der Waals surface area contributed by atoms with Gasteiger partial charge in [0.05, 0.1) is 7.11 Å². The maximum atomic E-state index is 13.7. The monoisotopic (exact) mass is 487 g/mol. The second kappa shape index (κ2) is 13.4. The summed E-state index contributed by atoms with van der Waals surface area (Å²) < 4.78 is 9.90. The second-order valence-electron chi connectivity index (χ2n) is 9.14. The Labute approximate surface area is 207 Å². The molecule has 1 aromatic rings. The van der Waals surface area contributed by atoms with Crippen molar-refractivity contribution >= 4 is 23.9 Å². The van der Waals surface area contributed by atoms with Gasteiger partial charge in [0.15, 0.2) is 0 Å². The SMILES string of the molecule is C#CN(C(=O)C(NC(=O)OC(C)(C)C)C(C)CC)C(C(=O)NCC(=O)OC)c1ccc(CC)cc1. The lowest BCUT2D eigenvalue weighted by molar-refractivity contribution is -0.143. The maximum absolute atomic E-state index is 13.7. The molecule has 35 heavy (non-hydrogen) atoms. The Morgan fingerprint density at radius 1 is 1.11 bits per heavy atom. The lowest BCUT2D eigenvalue weighted by Gasteiger charge is -2.32. The number of aryl methyl sites for hydroxylation is 1. The van der Waals surface area contributed by atoms with Crippen LogP contribution in [0.3, 0.4) is 0 Å². The highest BCUT2D eigenvalue weighted by Crippen LogP contribution is 2.24. The molecule has 0 bridgehead atoms. The Morgan fingerprint density at radius 3 is 2.17 bits per heavy atom. The number of ether oxygens (including phenoxy) is 2. The summed E-state index contributed by atoms with van der Waals surface area (Å²) in [4.78, 5) is 51.8. The number of alkyl carbamates (subject to hydrolysis) is 1. The van der Waals surface area contributed by atoms with Crippen LogP contribution >= 0.6 is 0 Å². The van der Waals surface area contributed by atoms with Crippen LogP contribution in [-0.4, -0.2) is 54.1 Å². The van der Waals surface area contributed by atoms with E-state index >= 15 is 0 Å². The Morgan fingerprint density at radius 2 is 1.71 bits per heavy atom. The molecule has 0 spiro atoms. The molecule has 0 aromatic heterocycles. The molecule has 0 aliphatic heterocycles. The second-order valence-corrected chi connectivity index (χ2v) is 9.14. The molecule has 0 radical (unpaired) electrons. The van der Waals surface area contributed by atoms with E-state index in [0.29, 0.717) is 12.0 Å². The summed E-state index contributed by atoms with van der Waals surface area (Å²) in [6, 6.07) is 7.10. The third-order valence-electron chi connectivity index (χ3n) is 5.37. The lowest BCUT2D eigenvalue weighted by Crippen LogP contribution is -2.54. The van der Waals surface area contributed by atoms with Crippen LogP contribution in [0.15, 0.2) is 24.3 Å². The van der Waals surface area contributed by atoms with Gasteiger partial charge in [-0.05, 0) is 44.2 Å². The zero-order valence-electron chi connectivity index (χ0n) is 21.6. The molecule has 0 fully saturated rings. The zero-order valence-corrected chi connectivity index (χ0v) is 21.6. The number of carbonyl (C=O) groups is 4. The molecule has 3 atom stereocenters. The quantitative estimate of drug-likeness (QED) is 0.298. The van der Waals surface area contributed by atoms with Crippen molar-refractivity contribution in [1.29, 1.82) is 0 Å². The predicted molar refractivity (Wildman–Crippen MR) is 132 cm³/mol. The Kier molecular flexibility index (Phi) is 11.3. The molecule has 0 aliphatic rings. The van der Waals surface area contributed by atoms with E-state index in [-0.39, 0.29) is 5.92 Å². The molecule has 1 aromatic carbocycles. The lowest BCUT2D eigenvalue weighted by atomic mass is 9.95. The maximum Gasteiger partial charge on any atom is 0.408 e. The third-order valence-corrected chi connectivity index (χ3v) is 5.37. The standard InChI is InChI=1S/C26H37N3O6/c1-9-17(4)21(28-25(33)35-26(5,6)7)24(32)29(11-3)22(23(31)27-16-20(30)34-8)19-14-12-18(10-2)13-15-19/h3,12-15,17,21-22H,9-10,16H2,1-2,4-8H3,(H,27,31)(H,28,33). The molecular formula is C26H37N3O6. The number of rotatable bonds is 10. The molecule has 9 heteroatoms. The van der Waals surface area contributed by atoms with E-state index in [1.165, 1.54) is 7.11 Å². The molecule has 0 saturated heterocycles. The smallest absolute Gasteiger partial charge is 0.408 e. The zero-order chi connectivity index (χ0) is 26.8. The number of nitrogens with zero attached hydrogens (tertiary/aromatic N) is 1. The predicted octanol–water partition coefficient (Wildman–Crippen LogP) is 2.94. The minimum absolute atomic E-state index is 0.313. The van der Waals surface area contributed by atoms with Gasteiger partial charge in [0, 0.05) is 6.04 Å². The van der Waals surface area contributed by atoms with Gasteiger partial charge < -0.3 is 20.1 Å². The molecule has 3 unspecified atom stereocenters. The first-order chi connectivity index (χ1) is 16.4. The topological polar surface area (TPSA) is 114 Å². The minimum Gasteiger partial charge on any atom is -0.468 e. The van der Waals surface area contributed by atoms with Gasteiger partial charge in [0.25, 0.3) is 5.91 Å². The van der Waals surface area contributed by atoms with Crippen LogP contribution < -0.4 is 10.6 Å². The number of amides is 3. The molecule has 0 aliphatic carbocycles. The molecule has 9 nitrogen and oxygen atoms in total. The molecule has 1 rings (SSSR count). The Bertz CT molecular complexity index is 930. The van der Waals surface area contributed by atoms with Crippen molar-refractivity contribution in [3.63, 3.8) is 0 Å². The minimum atomic E-state index is -1.24. The van der Waals surface area contributed by atoms with E-state index in [1.807, 2.05) is 26.0 Å². The van der Waals surface area contributed by atoms with Gasteiger partial charge in [-0.25, -0.2) is 4.79 Å². The van der Waals surface area contributed by atoms with E-state index in [2.05, 4.69) is 21.4 Å². The highest BCUT2D eigenvalue weighted by molar-refractivity contribution is 5.94. The third kappa shape index (κ3) is 8.96. The fourth-order valence-corrected chi connectivity index (χ4v) is 3.21. The summed E-state index contributed by atoms with van der Waals surface area (Å²) in [6.07, 6.45) is 6.30. The van der Waals surface area contributed by atoms with Crippen molar-refractivity contribution in [2.24, 2.45) is 5.92 Å². The van der Waals surface area contributed by atoms with Crippen LogP contribution in [0.1, 0.15) is 65.1 Å². The summed E-state index contributed by atoms with van der Waals surface area (Å²) in [6.45, 7) is 10.4. The van der Waals surface area contributed by atoms with Crippen molar-refractivity contribution in [3.8, 4) is 12.5 Å². The van der Waals surface area contributed by atoms with Gasteiger partial charge in [-0.15, -0.1) is 0 Å². The van der Waals surface area contributed by atoms with Crippen LogP contribution in [0.25, 0.3) is 0 Å². The molecular weight excluding hydrogens is 450 g/mol. The number of esters is 1. The van der Waals surface area contributed by atoms with E-state index in [4.69, 9.17) is 11.2 Å². The number of carbonyl (C=O) groups excluding carboxylic acids is 4. The van der Waals surface area contributed by atoms with Crippen molar-refractivity contribution in [1.82, 2.24) is 15.5 Å². The molecule has 192 valence electrons. The molecule has 0 heterocycles. The van der Waals surface area contributed by atoms with Crippen molar-refractivity contribution < 1.29 is 28.7 Å². The number of methoxy groups -OCH3 is 1. The largest absolute Gasteiger partial charge is 0.468 e. The van der Waals surface area contributed by atoms with Crippen LogP contribution in [0.4, 0.5) is 4.79 Å².